The molecule has 1 saturated heterocycles. The molecule has 0 saturated carbocycles. The Kier molecular flexibility index (Phi) is 6.24. The van der Waals surface area contributed by atoms with Crippen molar-refractivity contribution in [2.45, 2.75) is 39.2 Å². The molecule has 1 N–H and O–H groups in total. The number of hydrogen-bond acceptors (Lipinski definition) is 4. The normalized spacial score (nSPS) is 17.7. The number of methoxy groups -OCH3 is 1. The van der Waals surface area contributed by atoms with Gasteiger partial charge >= 0.3 is 0 Å². The van der Waals surface area contributed by atoms with Crippen molar-refractivity contribution >= 4 is 23.1 Å². The van der Waals surface area contributed by atoms with Crippen LogP contribution in [0.3, 0.4) is 0 Å². The van der Waals surface area contributed by atoms with Gasteiger partial charge in [0.15, 0.2) is 0 Å². The number of anilines is 1. The second kappa shape index (κ2) is 9.02. The number of nitrogens with zero attached hydrogens (tertiary/aromatic N) is 1. The molecule has 0 spiro atoms. The average molecular weight is 474 g/mol. The number of carbonyl (C=O) groups excluding carboxylic acids is 2. The molecule has 5 nitrogen and oxygen atoms in total. The van der Waals surface area contributed by atoms with Gasteiger partial charge in [-0.25, -0.2) is 4.39 Å². The van der Waals surface area contributed by atoms with E-state index in [0.717, 1.165) is 11.1 Å². The lowest BCUT2D eigenvalue weighted by Crippen LogP contribution is -2.29. The molecule has 0 bridgehead atoms. The number of Topliss-reactive ketones (excluding diaryl/α,β-unsaturated/α-hetero) is 1. The quantitative estimate of drug-likeness (QED) is 0.284. The van der Waals surface area contributed by atoms with Crippen molar-refractivity contribution in [1.82, 2.24) is 0 Å². The third kappa shape index (κ3) is 4.44. The van der Waals surface area contributed by atoms with E-state index >= 15 is 0 Å². The van der Waals surface area contributed by atoms with Gasteiger partial charge in [-0.3, -0.25) is 14.5 Å². The van der Waals surface area contributed by atoms with Gasteiger partial charge in [0.05, 0.1) is 18.7 Å². The molecule has 3 aromatic rings. The zero-order valence-corrected chi connectivity index (χ0v) is 20.4. The molecule has 0 aliphatic carbocycles. The average Bonchev–Trinajstić information content (AvgIpc) is 3.08. The number of hydrogen-bond donors (Lipinski definition) is 1. The van der Waals surface area contributed by atoms with Crippen molar-refractivity contribution < 1.29 is 23.8 Å². The molecule has 1 aliphatic rings. The first kappa shape index (κ1) is 24.2. The zero-order chi connectivity index (χ0) is 25.5. The second-order valence-corrected chi connectivity index (χ2v) is 9.71. The predicted molar refractivity (Wildman–Crippen MR) is 134 cm³/mol. The van der Waals surface area contributed by atoms with Crippen LogP contribution >= 0.6 is 0 Å². The summed E-state index contributed by atoms with van der Waals surface area (Å²) in [4.78, 5) is 27.9. The van der Waals surface area contributed by atoms with Crippen LogP contribution in [0.5, 0.6) is 5.75 Å². The Labute approximate surface area is 204 Å². The first-order valence-corrected chi connectivity index (χ1v) is 11.3. The molecular formula is C29H28FNO4. The highest BCUT2D eigenvalue weighted by atomic mass is 19.1. The predicted octanol–water partition coefficient (Wildman–Crippen LogP) is 6.07. The minimum Gasteiger partial charge on any atom is -0.507 e. The third-order valence-corrected chi connectivity index (χ3v) is 6.30. The Balaban J connectivity index is 2.00. The summed E-state index contributed by atoms with van der Waals surface area (Å²) in [5, 5.41) is 11.5. The molecule has 180 valence electrons. The lowest BCUT2D eigenvalue weighted by atomic mass is 9.84. The number of halogens is 1. The summed E-state index contributed by atoms with van der Waals surface area (Å²) in [6, 6.07) is 17.2. The molecule has 1 heterocycles. The largest absolute Gasteiger partial charge is 0.507 e. The second-order valence-electron chi connectivity index (χ2n) is 9.71. The molecular weight excluding hydrogens is 445 g/mol. The van der Waals surface area contributed by atoms with E-state index in [1.54, 1.807) is 30.3 Å². The Bertz CT molecular complexity index is 1350. The molecule has 1 fully saturated rings. The smallest absolute Gasteiger partial charge is 0.300 e. The van der Waals surface area contributed by atoms with Gasteiger partial charge in [0.2, 0.25) is 0 Å². The van der Waals surface area contributed by atoms with Crippen LogP contribution in [0.15, 0.2) is 72.3 Å². The molecule has 1 unspecified atom stereocenters. The van der Waals surface area contributed by atoms with Crippen molar-refractivity contribution in [2.24, 2.45) is 0 Å². The number of aliphatic hydroxyl groups excluding tert-OH is 1. The molecule has 0 aromatic heterocycles. The number of rotatable bonds is 4. The molecule has 1 amide bonds. The van der Waals surface area contributed by atoms with E-state index in [2.05, 4.69) is 20.8 Å². The van der Waals surface area contributed by atoms with Crippen LogP contribution < -0.4 is 9.64 Å². The van der Waals surface area contributed by atoms with Gasteiger partial charge < -0.3 is 9.84 Å². The zero-order valence-electron chi connectivity index (χ0n) is 20.4. The van der Waals surface area contributed by atoms with Crippen molar-refractivity contribution in [3.05, 3.63) is 100 Å². The fourth-order valence-electron chi connectivity index (χ4n) is 4.34. The maximum Gasteiger partial charge on any atom is 0.300 e. The van der Waals surface area contributed by atoms with E-state index in [1.165, 1.54) is 30.2 Å². The van der Waals surface area contributed by atoms with E-state index in [9.17, 15) is 19.1 Å². The number of aliphatic hydroxyl groups is 1. The summed E-state index contributed by atoms with van der Waals surface area (Å²) >= 11 is 0. The van der Waals surface area contributed by atoms with Crippen LogP contribution in [0.25, 0.3) is 5.76 Å². The Morgan fingerprint density at radius 3 is 2.37 bits per heavy atom. The standard InChI is InChI=1S/C29H28FNO4/c1-17-12-13-19(29(2,3)4)15-23(17)26(32)24-25(18-8-6-11-22(14-18)35-5)31(28(34)27(24)33)21-10-7-9-20(30)16-21/h6-16,25,32H,1-5H3/b26-24+. The van der Waals surface area contributed by atoms with Crippen LogP contribution in [-0.4, -0.2) is 23.9 Å². The van der Waals surface area contributed by atoms with E-state index in [4.69, 9.17) is 4.74 Å². The van der Waals surface area contributed by atoms with Crippen molar-refractivity contribution in [1.29, 1.82) is 0 Å². The van der Waals surface area contributed by atoms with E-state index in [0.29, 0.717) is 16.9 Å². The lowest BCUT2D eigenvalue weighted by molar-refractivity contribution is -0.132. The van der Waals surface area contributed by atoms with Gasteiger partial charge in [0.1, 0.15) is 17.3 Å². The Hall–Kier alpha value is -3.93. The molecule has 1 atom stereocenters. The molecule has 3 aromatic carbocycles. The SMILES string of the molecule is COc1cccc(C2/C(=C(\O)c3cc(C(C)(C)C)ccc3C)C(=O)C(=O)N2c2cccc(F)c2)c1. The van der Waals surface area contributed by atoms with Gasteiger partial charge in [-0.05, 0) is 65.4 Å². The van der Waals surface area contributed by atoms with Crippen LogP contribution in [0.2, 0.25) is 0 Å². The summed E-state index contributed by atoms with van der Waals surface area (Å²) in [6.45, 7) is 8.01. The van der Waals surface area contributed by atoms with Crippen LogP contribution in [0.1, 0.15) is 49.1 Å². The van der Waals surface area contributed by atoms with Crippen LogP contribution in [0, 0.1) is 12.7 Å². The third-order valence-electron chi connectivity index (χ3n) is 6.30. The van der Waals surface area contributed by atoms with Crippen LogP contribution in [0.4, 0.5) is 10.1 Å². The maximum absolute atomic E-state index is 14.1. The van der Waals surface area contributed by atoms with Gasteiger partial charge in [-0.15, -0.1) is 0 Å². The fraction of sp³-hybridized carbons (Fsp3) is 0.241. The van der Waals surface area contributed by atoms with Crippen LogP contribution in [-0.2, 0) is 15.0 Å². The van der Waals surface area contributed by atoms with E-state index in [1.807, 2.05) is 25.1 Å². The first-order chi connectivity index (χ1) is 16.5. The van der Waals surface area contributed by atoms with Gasteiger partial charge in [0.25, 0.3) is 11.7 Å². The minimum absolute atomic E-state index is 0.0540. The lowest BCUT2D eigenvalue weighted by Gasteiger charge is -2.26. The van der Waals surface area contributed by atoms with Gasteiger partial charge in [-0.2, -0.15) is 0 Å². The monoisotopic (exact) mass is 473 g/mol. The summed E-state index contributed by atoms with van der Waals surface area (Å²) in [5.74, 6) is -1.95. The highest BCUT2D eigenvalue weighted by Crippen LogP contribution is 2.43. The summed E-state index contributed by atoms with van der Waals surface area (Å²) in [7, 11) is 1.52. The number of amides is 1. The Morgan fingerprint density at radius 2 is 1.71 bits per heavy atom. The summed E-state index contributed by atoms with van der Waals surface area (Å²) < 4.78 is 19.5. The minimum atomic E-state index is -0.968. The first-order valence-electron chi connectivity index (χ1n) is 11.3. The number of ketones is 1. The fourth-order valence-corrected chi connectivity index (χ4v) is 4.34. The number of ether oxygens (including phenoxy) is 1. The molecule has 35 heavy (non-hydrogen) atoms. The topological polar surface area (TPSA) is 66.8 Å². The molecule has 6 heteroatoms. The summed E-state index contributed by atoms with van der Waals surface area (Å²) in [6.07, 6.45) is 0. The number of benzene rings is 3. The van der Waals surface area contributed by atoms with Gasteiger partial charge in [0, 0.05) is 11.3 Å². The van der Waals surface area contributed by atoms with Crippen molar-refractivity contribution in [3.63, 3.8) is 0 Å². The number of aryl methyl sites for hydroxylation is 1. The highest BCUT2D eigenvalue weighted by molar-refractivity contribution is 6.51. The molecule has 1 aliphatic heterocycles. The van der Waals surface area contributed by atoms with E-state index < -0.39 is 23.5 Å². The summed E-state index contributed by atoms with van der Waals surface area (Å²) in [5.41, 5.74) is 2.74. The van der Waals surface area contributed by atoms with Crippen molar-refractivity contribution in [3.8, 4) is 5.75 Å². The van der Waals surface area contributed by atoms with E-state index in [-0.39, 0.29) is 22.4 Å². The molecule has 4 rings (SSSR count). The van der Waals surface area contributed by atoms with Crippen molar-refractivity contribution in [2.75, 3.05) is 12.0 Å². The molecule has 0 radical (unpaired) electrons. The maximum atomic E-state index is 14.1. The highest BCUT2D eigenvalue weighted by Gasteiger charge is 2.47. The van der Waals surface area contributed by atoms with Gasteiger partial charge in [-0.1, -0.05) is 51.1 Å². The Morgan fingerprint density at radius 1 is 1.00 bits per heavy atom. The number of carbonyl (C=O) groups is 2.